The first-order chi connectivity index (χ1) is 11.2. The van der Waals surface area contributed by atoms with Crippen molar-refractivity contribution >= 4 is 17.6 Å². The number of rotatable bonds is 4. The van der Waals surface area contributed by atoms with Crippen molar-refractivity contribution in [3.05, 3.63) is 35.4 Å². The first-order valence-electron chi connectivity index (χ1n) is 7.47. The number of carbonyl (C=O) groups excluding carboxylic acids is 3. The standard InChI is InChI=1S/C16H17F3N2O3/c17-16(18,19)11-5-1-4-10(7-11)15(24)21-13(14(20)23)9-3-2-6-12(22)8-9/h1,4-5,7,9,13H,2-3,6,8H2,(H2,20,23)(H,21,24)/t9-,13-/m0/s1. The van der Waals surface area contributed by atoms with Gasteiger partial charge in [-0.2, -0.15) is 13.2 Å². The van der Waals surface area contributed by atoms with E-state index >= 15 is 0 Å². The number of primary amides is 1. The van der Waals surface area contributed by atoms with Crippen LogP contribution in [0.4, 0.5) is 13.2 Å². The third-order valence-electron chi connectivity index (χ3n) is 4.04. The van der Waals surface area contributed by atoms with Crippen molar-refractivity contribution < 1.29 is 27.6 Å². The van der Waals surface area contributed by atoms with Gasteiger partial charge in [0.2, 0.25) is 5.91 Å². The largest absolute Gasteiger partial charge is 0.416 e. The molecular weight excluding hydrogens is 325 g/mol. The molecule has 0 bridgehead atoms. The lowest BCUT2D eigenvalue weighted by Gasteiger charge is -2.28. The van der Waals surface area contributed by atoms with E-state index in [-0.39, 0.29) is 17.8 Å². The highest BCUT2D eigenvalue weighted by Gasteiger charge is 2.34. The summed E-state index contributed by atoms with van der Waals surface area (Å²) in [6.45, 7) is 0. The van der Waals surface area contributed by atoms with Crippen LogP contribution in [0.5, 0.6) is 0 Å². The molecule has 3 N–H and O–H groups in total. The highest BCUT2D eigenvalue weighted by atomic mass is 19.4. The van der Waals surface area contributed by atoms with Crippen molar-refractivity contribution in [3.63, 3.8) is 0 Å². The van der Waals surface area contributed by atoms with Gasteiger partial charge in [-0.05, 0) is 37.0 Å². The molecule has 2 amide bonds. The Labute approximate surface area is 136 Å². The molecule has 0 spiro atoms. The predicted octanol–water partition coefficient (Wildman–Crippen LogP) is 2.05. The molecule has 0 unspecified atom stereocenters. The minimum atomic E-state index is -4.57. The molecule has 0 saturated heterocycles. The Kier molecular flexibility index (Phi) is 5.26. The molecule has 1 saturated carbocycles. The number of ketones is 1. The first kappa shape index (κ1) is 18.0. The average Bonchev–Trinajstić information content (AvgIpc) is 2.51. The summed E-state index contributed by atoms with van der Waals surface area (Å²) in [6, 6.07) is 2.80. The Bertz CT molecular complexity index is 658. The fraction of sp³-hybridized carbons (Fsp3) is 0.438. The van der Waals surface area contributed by atoms with E-state index in [2.05, 4.69) is 5.32 Å². The summed E-state index contributed by atoms with van der Waals surface area (Å²) in [4.78, 5) is 35.3. The monoisotopic (exact) mass is 342 g/mol. The quantitative estimate of drug-likeness (QED) is 0.877. The summed E-state index contributed by atoms with van der Waals surface area (Å²) in [5, 5.41) is 2.37. The molecule has 2 atom stereocenters. The Morgan fingerprint density at radius 3 is 2.58 bits per heavy atom. The Morgan fingerprint density at radius 1 is 1.29 bits per heavy atom. The maximum atomic E-state index is 12.7. The number of hydrogen-bond acceptors (Lipinski definition) is 3. The van der Waals surface area contributed by atoms with E-state index in [0.29, 0.717) is 25.3 Å². The van der Waals surface area contributed by atoms with Crippen LogP contribution in [0.1, 0.15) is 41.6 Å². The number of Topliss-reactive ketones (excluding diaryl/α,β-unsaturated/α-hetero) is 1. The lowest BCUT2D eigenvalue weighted by molar-refractivity contribution is -0.137. The summed E-state index contributed by atoms with van der Waals surface area (Å²) < 4.78 is 38.1. The molecule has 24 heavy (non-hydrogen) atoms. The number of amides is 2. The summed E-state index contributed by atoms with van der Waals surface area (Å²) in [7, 11) is 0. The van der Waals surface area contributed by atoms with Gasteiger partial charge in [-0.25, -0.2) is 0 Å². The van der Waals surface area contributed by atoms with Gasteiger partial charge in [-0.15, -0.1) is 0 Å². The smallest absolute Gasteiger partial charge is 0.368 e. The van der Waals surface area contributed by atoms with Crippen LogP contribution in [-0.4, -0.2) is 23.6 Å². The SMILES string of the molecule is NC(=O)[C@@H](NC(=O)c1cccc(C(F)(F)F)c1)[C@H]1CCCC(=O)C1. The van der Waals surface area contributed by atoms with Gasteiger partial charge in [-0.3, -0.25) is 14.4 Å². The third kappa shape index (κ3) is 4.33. The van der Waals surface area contributed by atoms with Gasteiger partial charge in [0, 0.05) is 18.4 Å². The predicted molar refractivity (Wildman–Crippen MR) is 78.9 cm³/mol. The lowest BCUT2D eigenvalue weighted by Crippen LogP contribution is -2.50. The van der Waals surface area contributed by atoms with E-state index in [9.17, 15) is 27.6 Å². The highest BCUT2D eigenvalue weighted by molar-refractivity contribution is 5.97. The zero-order chi connectivity index (χ0) is 17.9. The van der Waals surface area contributed by atoms with Crippen LogP contribution in [-0.2, 0) is 15.8 Å². The number of hydrogen-bond donors (Lipinski definition) is 2. The first-order valence-corrected chi connectivity index (χ1v) is 7.47. The van der Waals surface area contributed by atoms with Crippen LogP contribution in [0, 0.1) is 5.92 Å². The zero-order valence-electron chi connectivity index (χ0n) is 12.7. The fourth-order valence-electron chi connectivity index (χ4n) is 2.83. The molecule has 1 aromatic carbocycles. The normalized spacial score (nSPS) is 19.6. The summed E-state index contributed by atoms with van der Waals surface area (Å²) in [6.07, 6.45) is -2.90. The number of alkyl halides is 3. The Balaban J connectivity index is 2.16. The summed E-state index contributed by atoms with van der Waals surface area (Å²) in [5.74, 6) is -2.10. The van der Waals surface area contributed by atoms with Gasteiger partial charge in [-0.1, -0.05) is 6.07 Å². The Morgan fingerprint density at radius 2 is 2.00 bits per heavy atom. The Hall–Kier alpha value is -2.38. The molecule has 0 aromatic heterocycles. The number of nitrogens with two attached hydrogens (primary N) is 1. The molecule has 1 aromatic rings. The molecule has 0 aliphatic heterocycles. The van der Waals surface area contributed by atoms with Gasteiger partial charge in [0.25, 0.3) is 5.91 Å². The maximum absolute atomic E-state index is 12.7. The molecule has 2 rings (SSSR count). The molecular formula is C16H17F3N2O3. The molecule has 1 aliphatic rings. The number of nitrogens with one attached hydrogen (secondary N) is 1. The number of carbonyl (C=O) groups is 3. The van der Waals surface area contributed by atoms with Gasteiger partial charge in [0.15, 0.2) is 0 Å². The molecule has 8 heteroatoms. The van der Waals surface area contributed by atoms with Crippen LogP contribution in [0.25, 0.3) is 0 Å². The fourth-order valence-corrected chi connectivity index (χ4v) is 2.83. The molecule has 0 heterocycles. The molecule has 5 nitrogen and oxygen atoms in total. The zero-order valence-corrected chi connectivity index (χ0v) is 12.7. The molecule has 1 aliphatic carbocycles. The van der Waals surface area contributed by atoms with Crippen molar-refractivity contribution in [1.82, 2.24) is 5.32 Å². The minimum Gasteiger partial charge on any atom is -0.368 e. The van der Waals surface area contributed by atoms with E-state index in [4.69, 9.17) is 5.73 Å². The van der Waals surface area contributed by atoms with Gasteiger partial charge < -0.3 is 11.1 Å². The van der Waals surface area contributed by atoms with E-state index in [0.717, 1.165) is 12.1 Å². The summed E-state index contributed by atoms with van der Waals surface area (Å²) >= 11 is 0. The average molecular weight is 342 g/mol. The number of benzene rings is 1. The molecule has 0 radical (unpaired) electrons. The van der Waals surface area contributed by atoms with Crippen LogP contribution in [0.3, 0.4) is 0 Å². The van der Waals surface area contributed by atoms with E-state index < -0.39 is 35.5 Å². The van der Waals surface area contributed by atoms with Gasteiger partial charge in [0.05, 0.1) is 5.56 Å². The van der Waals surface area contributed by atoms with E-state index in [1.165, 1.54) is 6.07 Å². The topological polar surface area (TPSA) is 89.3 Å². The second-order valence-corrected chi connectivity index (χ2v) is 5.83. The van der Waals surface area contributed by atoms with Crippen molar-refractivity contribution in [3.8, 4) is 0 Å². The van der Waals surface area contributed by atoms with E-state index in [1.54, 1.807) is 0 Å². The summed E-state index contributed by atoms with van der Waals surface area (Å²) in [5.41, 5.74) is 4.11. The maximum Gasteiger partial charge on any atom is 0.416 e. The van der Waals surface area contributed by atoms with Crippen molar-refractivity contribution in [2.24, 2.45) is 11.7 Å². The van der Waals surface area contributed by atoms with Crippen molar-refractivity contribution in [1.29, 1.82) is 0 Å². The van der Waals surface area contributed by atoms with Gasteiger partial charge >= 0.3 is 6.18 Å². The minimum absolute atomic E-state index is 0.0224. The highest BCUT2D eigenvalue weighted by Crippen LogP contribution is 2.30. The van der Waals surface area contributed by atoms with Crippen molar-refractivity contribution in [2.45, 2.75) is 37.9 Å². The number of halogens is 3. The van der Waals surface area contributed by atoms with Crippen molar-refractivity contribution in [2.75, 3.05) is 0 Å². The second-order valence-electron chi connectivity index (χ2n) is 5.83. The van der Waals surface area contributed by atoms with Crippen LogP contribution in [0.15, 0.2) is 24.3 Å². The van der Waals surface area contributed by atoms with E-state index in [1.807, 2.05) is 0 Å². The van der Waals surface area contributed by atoms with Crippen LogP contribution >= 0.6 is 0 Å². The molecule has 1 fully saturated rings. The van der Waals surface area contributed by atoms with Gasteiger partial charge in [0.1, 0.15) is 11.8 Å². The second kappa shape index (κ2) is 7.02. The van der Waals surface area contributed by atoms with Crippen LogP contribution < -0.4 is 11.1 Å². The third-order valence-corrected chi connectivity index (χ3v) is 4.04. The van der Waals surface area contributed by atoms with Crippen LogP contribution in [0.2, 0.25) is 0 Å². The lowest BCUT2D eigenvalue weighted by atomic mass is 9.82. The molecule has 130 valence electrons.